The van der Waals surface area contributed by atoms with Crippen molar-refractivity contribution < 1.29 is 5.11 Å². The van der Waals surface area contributed by atoms with Crippen LogP contribution < -0.4 is 5.32 Å². The maximum Gasteiger partial charge on any atom is 0.138 e. The van der Waals surface area contributed by atoms with Crippen molar-refractivity contribution in [3.63, 3.8) is 0 Å². The lowest BCUT2D eigenvalue weighted by atomic mass is 9.76. The fourth-order valence-electron chi connectivity index (χ4n) is 3.35. The Morgan fingerprint density at radius 2 is 1.91 bits per heavy atom. The van der Waals surface area contributed by atoms with E-state index in [0.717, 1.165) is 31.7 Å². The second-order valence-corrected chi connectivity index (χ2v) is 5.78. The molecule has 1 aromatic rings. The highest BCUT2D eigenvalue weighted by atomic mass is 35.5. The highest BCUT2D eigenvalue weighted by molar-refractivity contribution is 5.85. The second kappa shape index (κ2) is 8.59. The Morgan fingerprint density at radius 1 is 1.23 bits per heavy atom. The fourth-order valence-corrected chi connectivity index (χ4v) is 3.35. The molecule has 4 nitrogen and oxygen atoms in total. The van der Waals surface area contributed by atoms with Crippen LogP contribution in [0.4, 0.5) is 0 Å². The average molecular weight is 344 g/mol. The summed E-state index contributed by atoms with van der Waals surface area (Å²) >= 11 is 0. The number of phenols is 1. The number of nitrogens with zero attached hydrogens (tertiary/aromatic N) is 2. The van der Waals surface area contributed by atoms with E-state index >= 15 is 0 Å². The predicted molar refractivity (Wildman–Crippen MR) is 91.8 cm³/mol. The monoisotopic (exact) mass is 343 g/mol. The van der Waals surface area contributed by atoms with Gasteiger partial charge in [-0.2, -0.15) is 5.26 Å². The smallest absolute Gasteiger partial charge is 0.138 e. The lowest BCUT2D eigenvalue weighted by Crippen LogP contribution is -2.47. The van der Waals surface area contributed by atoms with E-state index in [0.29, 0.717) is 11.5 Å². The first-order valence-electron chi connectivity index (χ1n) is 7.48. The van der Waals surface area contributed by atoms with Gasteiger partial charge in [-0.1, -0.05) is 18.6 Å². The topological polar surface area (TPSA) is 59.3 Å². The Kier molecular flexibility index (Phi) is 7.44. The molecule has 0 radical (unpaired) electrons. The number of rotatable bonds is 3. The van der Waals surface area contributed by atoms with Crippen LogP contribution in [0.25, 0.3) is 0 Å². The quantitative estimate of drug-likeness (QED) is 0.885. The van der Waals surface area contributed by atoms with Crippen LogP contribution in [0.5, 0.6) is 5.75 Å². The van der Waals surface area contributed by atoms with Gasteiger partial charge in [-0.15, -0.1) is 24.8 Å². The number of nitriles is 1. The summed E-state index contributed by atoms with van der Waals surface area (Å²) < 4.78 is 0. The number of piperazine rings is 1. The van der Waals surface area contributed by atoms with E-state index in [1.165, 1.54) is 19.3 Å². The van der Waals surface area contributed by atoms with Crippen LogP contribution in [0, 0.1) is 17.2 Å². The van der Waals surface area contributed by atoms with Crippen molar-refractivity contribution in [1.82, 2.24) is 10.2 Å². The van der Waals surface area contributed by atoms with Gasteiger partial charge in [-0.3, -0.25) is 4.90 Å². The molecule has 0 bridgehead atoms. The number of nitrogens with one attached hydrogen (secondary N) is 1. The van der Waals surface area contributed by atoms with E-state index in [9.17, 15) is 5.11 Å². The van der Waals surface area contributed by atoms with Crippen molar-refractivity contribution in [2.45, 2.75) is 25.3 Å². The summed E-state index contributed by atoms with van der Waals surface area (Å²) in [6.07, 6.45) is 3.74. The Labute approximate surface area is 144 Å². The van der Waals surface area contributed by atoms with Gasteiger partial charge in [0.15, 0.2) is 0 Å². The number of para-hydroxylation sites is 1. The molecule has 122 valence electrons. The second-order valence-electron chi connectivity index (χ2n) is 5.78. The molecule has 1 saturated heterocycles. The molecule has 1 saturated carbocycles. The third-order valence-corrected chi connectivity index (χ3v) is 4.65. The maximum absolute atomic E-state index is 10.4. The summed E-state index contributed by atoms with van der Waals surface area (Å²) in [5.74, 6) is 0.804. The summed E-state index contributed by atoms with van der Waals surface area (Å²) in [5.41, 5.74) is 1.33. The van der Waals surface area contributed by atoms with Crippen molar-refractivity contribution in [3.8, 4) is 11.8 Å². The standard InChI is InChI=1S/C16H21N3O.2ClH/c17-11-13-5-2-6-14(16(13)20)15(12-3-1-4-12)19-9-7-18-8-10-19;;/h2,5-6,12,15,18,20H,1,3-4,7-10H2;2*1H/t15-;;/m0../s1. The van der Waals surface area contributed by atoms with Gasteiger partial charge in [-0.05, 0) is 24.8 Å². The molecule has 0 aromatic heterocycles. The molecule has 1 aromatic carbocycles. The highest BCUT2D eigenvalue weighted by Crippen LogP contribution is 2.44. The molecule has 2 fully saturated rings. The minimum absolute atomic E-state index is 0. The zero-order chi connectivity index (χ0) is 13.9. The summed E-state index contributed by atoms with van der Waals surface area (Å²) in [4.78, 5) is 2.47. The lowest BCUT2D eigenvalue weighted by molar-refractivity contribution is 0.0819. The highest BCUT2D eigenvalue weighted by Gasteiger charge is 2.35. The largest absolute Gasteiger partial charge is 0.506 e. The molecular weight excluding hydrogens is 321 g/mol. The molecule has 0 unspecified atom stereocenters. The van der Waals surface area contributed by atoms with E-state index < -0.39 is 0 Å². The van der Waals surface area contributed by atoms with Gasteiger partial charge in [0.2, 0.25) is 0 Å². The van der Waals surface area contributed by atoms with Gasteiger partial charge < -0.3 is 10.4 Å². The van der Waals surface area contributed by atoms with Crippen molar-refractivity contribution in [1.29, 1.82) is 5.26 Å². The molecular formula is C16H23Cl2N3O. The van der Waals surface area contributed by atoms with Crippen LogP contribution in [0.2, 0.25) is 0 Å². The SMILES string of the molecule is Cl.Cl.N#Cc1cccc([C@H](C2CCC2)N2CCNCC2)c1O. The zero-order valence-corrected chi connectivity index (χ0v) is 14.1. The summed E-state index contributed by atoms with van der Waals surface area (Å²) in [5, 5.41) is 22.9. The van der Waals surface area contributed by atoms with Gasteiger partial charge in [-0.25, -0.2) is 0 Å². The summed E-state index contributed by atoms with van der Waals surface area (Å²) in [6.45, 7) is 4.03. The third kappa shape index (κ3) is 3.67. The first kappa shape index (κ1) is 19.1. The van der Waals surface area contributed by atoms with E-state index in [1.54, 1.807) is 6.07 Å². The number of phenolic OH excluding ortho intramolecular Hbond substituents is 1. The molecule has 2 N–H and O–H groups in total. The minimum Gasteiger partial charge on any atom is -0.506 e. The molecule has 2 aliphatic rings. The molecule has 6 heteroatoms. The first-order valence-corrected chi connectivity index (χ1v) is 7.48. The third-order valence-electron chi connectivity index (χ3n) is 4.65. The minimum atomic E-state index is 0. The van der Waals surface area contributed by atoms with E-state index in [4.69, 9.17) is 5.26 Å². The summed E-state index contributed by atoms with van der Waals surface area (Å²) in [7, 11) is 0. The number of benzene rings is 1. The Bertz CT molecular complexity index is 523. The van der Waals surface area contributed by atoms with Crippen LogP contribution >= 0.6 is 24.8 Å². The first-order chi connectivity index (χ1) is 9.81. The van der Waals surface area contributed by atoms with Crippen LogP contribution in [0.15, 0.2) is 18.2 Å². The molecule has 1 aliphatic carbocycles. The van der Waals surface area contributed by atoms with Gasteiger partial charge >= 0.3 is 0 Å². The van der Waals surface area contributed by atoms with E-state index in [-0.39, 0.29) is 36.6 Å². The molecule has 3 rings (SSSR count). The predicted octanol–water partition coefficient (Wildman–Crippen LogP) is 2.85. The normalized spacial score (nSPS) is 20.0. The van der Waals surface area contributed by atoms with Crippen LogP contribution in [-0.2, 0) is 0 Å². The van der Waals surface area contributed by atoms with Gasteiger partial charge in [0.05, 0.1) is 5.56 Å². The van der Waals surface area contributed by atoms with Gasteiger partial charge in [0.25, 0.3) is 0 Å². The molecule has 22 heavy (non-hydrogen) atoms. The zero-order valence-electron chi connectivity index (χ0n) is 12.5. The van der Waals surface area contributed by atoms with E-state index in [2.05, 4.69) is 16.3 Å². The average Bonchev–Trinajstić information content (AvgIpc) is 2.44. The van der Waals surface area contributed by atoms with Gasteiger partial charge in [0, 0.05) is 37.8 Å². The van der Waals surface area contributed by atoms with E-state index in [1.807, 2.05) is 12.1 Å². The van der Waals surface area contributed by atoms with Crippen molar-refractivity contribution in [2.75, 3.05) is 26.2 Å². The number of hydrogen-bond donors (Lipinski definition) is 2. The van der Waals surface area contributed by atoms with Crippen molar-refractivity contribution in [3.05, 3.63) is 29.3 Å². The number of halogens is 2. The maximum atomic E-state index is 10.4. The lowest BCUT2D eigenvalue weighted by Gasteiger charge is -2.43. The van der Waals surface area contributed by atoms with Crippen LogP contribution in [0.3, 0.4) is 0 Å². The molecule has 0 spiro atoms. The number of hydrogen-bond acceptors (Lipinski definition) is 4. The Balaban J connectivity index is 0.00000121. The number of aromatic hydroxyl groups is 1. The molecule has 1 atom stereocenters. The Morgan fingerprint density at radius 3 is 2.45 bits per heavy atom. The van der Waals surface area contributed by atoms with Crippen LogP contribution in [0.1, 0.15) is 36.4 Å². The molecule has 1 aliphatic heterocycles. The van der Waals surface area contributed by atoms with Gasteiger partial charge in [0.1, 0.15) is 11.8 Å². The summed E-state index contributed by atoms with van der Waals surface area (Å²) in [6, 6.07) is 7.92. The van der Waals surface area contributed by atoms with Crippen LogP contribution in [-0.4, -0.2) is 36.2 Å². The Hall–Kier alpha value is -0.990. The fraction of sp³-hybridized carbons (Fsp3) is 0.562. The van der Waals surface area contributed by atoms with Crippen molar-refractivity contribution in [2.24, 2.45) is 5.92 Å². The molecule has 1 heterocycles. The molecule has 0 amide bonds. The van der Waals surface area contributed by atoms with Crippen molar-refractivity contribution >= 4 is 24.8 Å².